The zero-order valence-electron chi connectivity index (χ0n) is 16.8. The molecule has 1 aliphatic rings. The molecule has 0 unspecified atom stereocenters. The summed E-state index contributed by atoms with van der Waals surface area (Å²) < 4.78 is 0. The SMILES string of the molecule is CN(CC(=O)Nc1ccc(N2CCCC2=O)cc1)Cc1ccc(N(C)C)cc1. The molecule has 0 bridgehead atoms. The molecule has 0 saturated carbocycles. The largest absolute Gasteiger partial charge is 0.378 e. The number of amides is 2. The first-order valence-electron chi connectivity index (χ1n) is 9.57. The van der Waals surface area contributed by atoms with Gasteiger partial charge in [-0.25, -0.2) is 0 Å². The molecule has 3 rings (SSSR count). The number of anilines is 3. The fourth-order valence-corrected chi connectivity index (χ4v) is 3.36. The van der Waals surface area contributed by atoms with Crippen molar-refractivity contribution in [3.63, 3.8) is 0 Å². The molecule has 0 aliphatic carbocycles. The Balaban J connectivity index is 1.49. The van der Waals surface area contributed by atoms with Crippen molar-refractivity contribution in [2.45, 2.75) is 19.4 Å². The average Bonchev–Trinajstić information content (AvgIpc) is 3.08. The molecule has 1 N–H and O–H groups in total. The van der Waals surface area contributed by atoms with Gasteiger partial charge in [0, 0.05) is 50.7 Å². The van der Waals surface area contributed by atoms with E-state index in [2.05, 4.69) is 34.5 Å². The van der Waals surface area contributed by atoms with Crippen molar-refractivity contribution in [3.05, 3.63) is 54.1 Å². The van der Waals surface area contributed by atoms with Gasteiger partial charge >= 0.3 is 0 Å². The topological polar surface area (TPSA) is 55.9 Å². The summed E-state index contributed by atoms with van der Waals surface area (Å²) in [4.78, 5) is 30.0. The number of rotatable bonds is 7. The summed E-state index contributed by atoms with van der Waals surface area (Å²) in [5.41, 5.74) is 3.95. The molecule has 2 aromatic carbocycles. The first-order valence-corrected chi connectivity index (χ1v) is 9.57. The van der Waals surface area contributed by atoms with Crippen LogP contribution in [-0.2, 0) is 16.1 Å². The van der Waals surface area contributed by atoms with Crippen LogP contribution in [0.15, 0.2) is 48.5 Å². The van der Waals surface area contributed by atoms with Crippen molar-refractivity contribution in [3.8, 4) is 0 Å². The predicted molar refractivity (Wildman–Crippen MR) is 114 cm³/mol. The highest BCUT2D eigenvalue weighted by atomic mass is 16.2. The molecule has 0 atom stereocenters. The van der Waals surface area contributed by atoms with E-state index in [4.69, 9.17) is 0 Å². The van der Waals surface area contributed by atoms with Crippen LogP contribution in [0.25, 0.3) is 0 Å². The molecule has 2 amide bonds. The van der Waals surface area contributed by atoms with E-state index < -0.39 is 0 Å². The summed E-state index contributed by atoms with van der Waals surface area (Å²) >= 11 is 0. The van der Waals surface area contributed by atoms with Crippen LogP contribution < -0.4 is 15.1 Å². The maximum absolute atomic E-state index is 12.3. The highest BCUT2D eigenvalue weighted by Crippen LogP contribution is 2.23. The number of benzene rings is 2. The van der Waals surface area contributed by atoms with Crippen molar-refractivity contribution in [2.24, 2.45) is 0 Å². The average molecular weight is 380 g/mol. The summed E-state index contributed by atoms with van der Waals surface area (Å²) in [6, 6.07) is 15.8. The van der Waals surface area contributed by atoms with Gasteiger partial charge in [-0.1, -0.05) is 12.1 Å². The lowest BCUT2D eigenvalue weighted by atomic mass is 10.2. The smallest absolute Gasteiger partial charge is 0.238 e. The van der Waals surface area contributed by atoms with Gasteiger partial charge in [-0.3, -0.25) is 14.5 Å². The Morgan fingerprint density at radius 3 is 2.29 bits per heavy atom. The Bertz CT molecular complexity index is 815. The van der Waals surface area contributed by atoms with Gasteiger partial charge < -0.3 is 15.1 Å². The molecule has 1 saturated heterocycles. The van der Waals surface area contributed by atoms with Gasteiger partial charge in [-0.05, 0) is 55.4 Å². The Kier molecular flexibility index (Phi) is 6.31. The molecular weight excluding hydrogens is 352 g/mol. The molecule has 6 heteroatoms. The second kappa shape index (κ2) is 8.89. The number of nitrogens with one attached hydrogen (secondary N) is 1. The summed E-state index contributed by atoms with van der Waals surface area (Å²) in [6.07, 6.45) is 1.52. The van der Waals surface area contributed by atoms with Crippen LogP contribution in [0, 0.1) is 0 Å². The van der Waals surface area contributed by atoms with Gasteiger partial charge in [0.2, 0.25) is 11.8 Å². The van der Waals surface area contributed by atoms with Crippen molar-refractivity contribution in [2.75, 3.05) is 49.3 Å². The monoisotopic (exact) mass is 380 g/mol. The van der Waals surface area contributed by atoms with Gasteiger partial charge in [0.1, 0.15) is 0 Å². The Morgan fingerprint density at radius 1 is 1.04 bits per heavy atom. The standard InChI is InChI=1S/C22H28N4O2/c1-24(2)19-10-6-17(7-11-19)15-25(3)16-21(27)23-18-8-12-20(13-9-18)26-14-4-5-22(26)28/h6-13H,4-5,14-16H2,1-3H3,(H,23,27). The lowest BCUT2D eigenvalue weighted by Crippen LogP contribution is -2.29. The predicted octanol–water partition coefficient (Wildman–Crippen LogP) is 2.95. The molecule has 1 fully saturated rings. The van der Waals surface area contributed by atoms with E-state index in [0.29, 0.717) is 19.5 Å². The lowest BCUT2D eigenvalue weighted by Gasteiger charge is -2.18. The van der Waals surface area contributed by atoms with Gasteiger partial charge in [0.05, 0.1) is 6.54 Å². The molecule has 28 heavy (non-hydrogen) atoms. The van der Waals surface area contributed by atoms with E-state index in [1.165, 1.54) is 5.56 Å². The fraction of sp³-hybridized carbons (Fsp3) is 0.364. The minimum atomic E-state index is -0.0580. The molecule has 0 radical (unpaired) electrons. The second-order valence-corrected chi connectivity index (χ2v) is 7.48. The molecule has 1 heterocycles. The summed E-state index contributed by atoms with van der Waals surface area (Å²) in [7, 11) is 5.96. The van der Waals surface area contributed by atoms with Crippen molar-refractivity contribution < 1.29 is 9.59 Å². The second-order valence-electron chi connectivity index (χ2n) is 7.48. The van der Waals surface area contributed by atoms with Crippen LogP contribution in [-0.4, -0.2) is 50.9 Å². The minimum absolute atomic E-state index is 0.0580. The maximum Gasteiger partial charge on any atom is 0.238 e. The summed E-state index contributed by atoms with van der Waals surface area (Å²) in [5.74, 6) is 0.106. The lowest BCUT2D eigenvalue weighted by molar-refractivity contribution is -0.117. The maximum atomic E-state index is 12.3. The molecule has 2 aromatic rings. The van der Waals surface area contributed by atoms with Gasteiger partial charge in [-0.2, -0.15) is 0 Å². The quantitative estimate of drug-likeness (QED) is 0.802. The number of carbonyl (C=O) groups is 2. The van der Waals surface area contributed by atoms with Crippen LogP contribution in [0.3, 0.4) is 0 Å². The van der Waals surface area contributed by atoms with Crippen LogP contribution >= 0.6 is 0 Å². The third kappa shape index (κ3) is 5.10. The van der Waals surface area contributed by atoms with Crippen molar-refractivity contribution in [1.29, 1.82) is 0 Å². The molecule has 0 spiro atoms. The molecular formula is C22H28N4O2. The zero-order chi connectivity index (χ0) is 20.1. The van der Waals surface area contributed by atoms with Crippen LogP contribution in [0.4, 0.5) is 17.1 Å². The highest BCUT2D eigenvalue weighted by Gasteiger charge is 2.21. The first-order chi connectivity index (χ1) is 13.4. The number of likely N-dealkylation sites (N-methyl/N-ethyl adjacent to an activating group) is 1. The number of nitrogens with zero attached hydrogens (tertiary/aromatic N) is 3. The Labute approximate surface area is 166 Å². The number of hydrogen-bond acceptors (Lipinski definition) is 4. The van der Waals surface area contributed by atoms with E-state index in [1.807, 2.05) is 50.3 Å². The Hall–Kier alpha value is -2.86. The Morgan fingerprint density at radius 2 is 1.71 bits per heavy atom. The van der Waals surface area contributed by atoms with Crippen LogP contribution in [0.1, 0.15) is 18.4 Å². The molecule has 6 nitrogen and oxygen atoms in total. The normalized spacial score (nSPS) is 13.9. The molecule has 1 aliphatic heterocycles. The van der Waals surface area contributed by atoms with Crippen molar-refractivity contribution in [1.82, 2.24) is 4.90 Å². The van der Waals surface area contributed by atoms with Gasteiger partial charge in [0.25, 0.3) is 0 Å². The number of carbonyl (C=O) groups excluding carboxylic acids is 2. The van der Waals surface area contributed by atoms with Gasteiger partial charge in [0.15, 0.2) is 0 Å². The van der Waals surface area contributed by atoms with E-state index in [9.17, 15) is 9.59 Å². The van der Waals surface area contributed by atoms with E-state index >= 15 is 0 Å². The van der Waals surface area contributed by atoms with Gasteiger partial charge in [-0.15, -0.1) is 0 Å². The molecule has 148 valence electrons. The summed E-state index contributed by atoms with van der Waals surface area (Å²) in [6.45, 7) is 1.78. The van der Waals surface area contributed by atoms with Crippen LogP contribution in [0.2, 0.25) is 0 Å². The zero-order valence-corrected chi connectivity index (χ0v) is 16.8. The molecule has 0 aromatic heterocycles. The third-order valence-corrected chi connectivity index (χ3v) is 4.85. The number of hydrogen-bond donors (Lipinski definition) is 1. The third-order valence-electron chi connectivity index (χ3n) is 4.85. The van der Waals surface area contributed by atoms with Crippen molar-refractivity contribution >= 4 is 28.9 Å². The first kappa shape index (κ1) is 19.9. The van der Waals surface area contributed by atoms with E-state index in [-0.39, 0.29) is 11.8 Å². The fourth-order valence-electron chi connectivity index (χ4n) is 3.36. The van der Waals surface area contributed by atoms with E-state index in [1.54, 1.807) is 4.90 Å². The highest BCUT2D eigenvalue weighted by molar-refractivity contribution is 5.96. The minimum Gasteiger partial charge on any atom is -0.378 e. The van der Waals surface area contributed by atoms with E-state index in [0.717, 1.165) is 30.0 Å². The van der Waals surface area contributed by atoms with Crippen LogP contribution in [0.5, 0.6) is 0 Å². The summed E-state index contributed by atoms with van der Waals surface area (Å²) in [5, 5.41) is 2.92.